The Balaban J connectivity index is 2.93. The molecule has 0 saturated carbocycles. The van der Waals surface area contributed by atoms with E-state index in [2.05, 4.69) is 22.4 Å². The number of thiocarbonyl (C=S) groups is 1. The number of rotatable bonds is 3. The van der Waals surface area contributed by atoms with Crippen LogP contribution in [-0.4, -0.2) is 10.4 Å². The molecule has 1 unspecified atom stereocenters. The van der Waals surface area contributed by atoms with Crippen molar-refractivity contribution in [2.45, 2.75) is 12.8 Å². The second-order valence-corrected chi connectivity index (χ2v) is 3.38. The molecule has 0 N–H and O–H groups in total. The molecule has 1 rings (SSSR count). The van der Waals surface area contributed by atoms with E-state index in [-0.39, 0.29) is 11.2 Å². The van der Waals surface area contributed by atoms with Crippen molar-refractivity contribution in [3.05, 3.63) is 29.8 Å². The summed E-state index contributed by atoms with van der Waals surface area (Å²) in [6.45, 7) is 1.76. The maximum Gasteiger partial charge on any atom is 0.228 e. The van der Waals surface area contributed by atoms with Crippen molar-refractivity contribution in [3.63, 3.8) is 0 Å². The Bertz CT molecular complexity index is 382. The van der Waals surface area contributed by atoms with Crippen molar-refractivity contribution in [3.8, 4) is 0 Å². The Kier molecular flexibility index (Phi) is 3.96. The maximum atomic E-state index is 10.9. The molecule has 2 nitrogen and oxygen atoms in total. The van der Waals surface area contributed by atoms with Crippen molar-refractivity contribution in [1.82, 2.24) is 0 Å². The molecular weight excluding hydrogens is 218 g/mol. The molecular formula is C10H8ClNOS. The number of hydrogen-bond donors (Lipinski definition) is 0. The molecule has 0 aliphatic heterocycles. The van der Waals surface area contributed by atoms with Crippen LogP contribution >= 0.6 is 23.8 Å². The van der Waals surface area contributed by atoms with Crippen LogP contribution in [0.5, 0.6) is 0 Å². The van der Waals surface area contributed by atoms with E-state index in [1.165, 1.54) is 0 Å². The van der Waals surface area contributed by atoms with E-state index in [1.54, 1.807) is 31.2 Å². The van der Waals surface area contributed by atoms with Gasteiger partial charge in [0.1, 0.15) is 0 Å². The highest BCUT2D eigenvalue weighted by molar-refractivity contribution is 7.78. The van der Waals surface area contributed by atoms with Crippen molar-refractivity contribution >= 4 is 39.9 Å². The molecule has 0 aliphatic rings. The number of aliphatic imine (C=N–C) groups is 1. The first-order valence-electron chi connectivity index (χ1n) is 4.02. The van der Waals surface area contributed by atoms with Crippen molar-refractivity contribution in [1.29, 1.82) is 0 Å². The smallest absolute Gasteiger partial charge is 0.228 e. The molecule has 0 heterocycles. The lowest BCUT2D eigenvalue weighted by atomic mass is 10.0. The largest absolute Gasteiger partial charge is 0.281 e. The number of carbonyl (C=O) groups is 1. The summed E-state index contributed by atoms with van der Waals surface area (Å²) in [6.07, 6.45) is 0. The van der Waals surface area contributed by atoms with Crippen LogP contribution in [0.15, 0.2) is 29.3 Å². The predicted molar refractivity (Wildman–Crippen MR) is 60.4 cm³/mol. The third-order valence-corrected chi connectivity index (χ3v) is 2.33. The van der Waals surface area contributed by atoms with Crippen LogP contribution in [0.25, 0.3) is 0 Å². The molecule has 0 bridgehead atoms. The predicted octanol–water partition coefficient (Wildman–Crippen LogP) is 3.29. The first-order valence-corrected chi connectivity index (χ1v) is 4.81. The summed E-state index contributed by atoms with van der Waals surface area (Å²) in [6, 6.07) is 7.14. The van der Waals surface area contributed by atoms with E-state index in [9.17, 15) is 4.79 Å². The molecule has 0 aromatic heterocycles. The van der Waals surface area contributed by atoms with Gasteiger partial charge in [0.15, 0.2) is 0 Å². The summed E-state index contributed by atoms with van der Waals surface area (Å²) >= 11 is 9.84. The van der Waals surface area contributed by atoms with Crippen molar-refractivity contribution in [2.24, 2.45) is 4.99 Å². The lowest BCUT2D eigenvalue weighted by Crippen LogP contribution is -2.00. The first-order chi connectivity index (χ1) is 6.65. The maximum absolute atomic E-state index is 10.9. The van der Waals surface area contributed by atoms with Crippen LogP contribution in [0.3, 0.4) is 0 Å². The number of carbonyl (C=O) groups excluding carboxylic acids is 1. The summed E-state index contributed by atoms with van der Waals surface area (Å²) < 4.78 is 0. The zero-order valence-corrected chi connectivity index (χ0v) is 9.10. The Morgan fingerprint density at radius 1 is 1.50 bits per heavy atom. The van der Waals surface area contributed by atoms with Gasteiger partial charge in [0.25, 0.3) is 0 Å². The Morgan fingerprint density at radius 2 is 2.07 bits per heavy atom. The van der Waals surface area contributed by atoms with E-state index >= 15 is 0 Å². The lowest BCUT2D eigenvalue weighted by Gasteiger charge is -2.05. The zero-order chi connectivity index (χ0) is 10.6. The van der Waals surface area contributed by atoms with Gasteiger partial charge in [0.05, 0.1) is 16.8 Å². The van der Waals surface area contributed by atoms with Gasteiger partial charge >= 0.3 is 0 Å². The molecule has 0 saturated heterocycles. The molecule has 1 atom stereocenters. The number of benzene rings is 1. The molecule has 0 radical (unpaired) electrons. The SMILES string of the molecule is CC(C(=O)Cl)c1ccc(N=C=S)cc1. The Morgan fingerprint density at radius 3 is 2.50 bits per heavy atom. The minimum Gasteiger partial charge on any atom is -0.281 e. The van der Waals surface area contributed by atoms with E-state index in [1.807, 2.05) is 0 Å². The van der Waals surface area contributed by atoms with Gasteiger partial charge in [-0.25, -0.2) is 0 Å². The molecule has 0 amide bonds. The standard InChI is InChI=1S/C10H8ClNOS/c1-7(10(11)13)8-2-4-9(5-3-8)12-6-14/h2-5,7H,1H3. The van der Waals surface area contributed by atoms with Crippen LogP contribution in [0.1, 0.15) is 18.4 Å². The summed E-state index contributed by atoms with van der Waals surface area (Å²) in [7, 11) is 0. The highest BCUT2D eigenvalue weighted by atomic mass is 35.5. The second-order valence-electron chi connectivity index (χ2n) is 2.82. The highest BCUT2D eigenvalue weighted by Gasteiger charge is 2.11. The summed E-state index contributed by atoms with van der Waals surface area (Å²) in [4.78, 5) is 14.7. The molecule has 0 fully saturated rings. The van der Waals surface area contributed by atoms with E-state index < -0.39 is 0 Å². The van der Waals surface area contributed by atoms with Gasteiger partial charge in [-0.15, -0.1) is 0 Å². The van der Waals surface area contributed by atoms with Crippen LogP contribution in [0, 0.1) is 0 Å². The van der Waals surface area contributed by atoms with Crippen molar-refractivity contribution < 1.29 is 4.79 Å². The Hall–Kier alpha value is -1.02. The monoisotopic (exact) mass is 225 g/mol. The highest BCUT2D eigenvalue weighted by Crippen LogP contribution is 2.20. The van der Waals surface area contributed by atoms with Gasteiger partial charge in [-0.05, 0) is 41.5 Å². The van der Waals surface area contributed by atoms with Gasteiger partial charge in [-0.1, -0.05) is 19.1 Å². The molecule has 0 aliphatic carbocycles. The fraction of sp³-hybridized carbons (Fsp3) is 0.200. The molecule has 14 heavy (non-hydrogen) atoms. The quantitative estimate of drug-likeness (QED) is 0.449. The van der Waals surface area contributed by atoms with Gasteiger partial charge in [-0.2, -0.15) is 4.99 Å². The fourth-order valence-electron chi connectivity index (χ4n) is 1.02. The number of halogens is 1. The topological polar surface area (TPSA) is 29.4 Å². The zero-order valence-electron chi connectivity index (χ0n) is 7.53. The van der Waals surface area contributed by atoms with Gasteiger partial charge in [-0.3, -0.25) is 4.79 Å². The van der Waals surface area contributed by atoms with E-state index in [0.717, 1.165) is 11.3 Å². The second kappa shape index (κ2) is 5.01. The third kappa shape index (κ3) is 2.74. The molecule has 72 valence electrons. The number of nitrogens with zero attached hydrogens (tertiary/aromatic N) is 1. The number of hydrogen-bond acceptors (Lipinski definition) is 3. The van der Waals surface area contributed by atoms with Gasteiger partial charge in [0, 0.05) is 0 Å². The normalized spacial score (nSPS) is 11.6. The summed E-state index contributed by atoms with van der Waals surface area (Å²) in [5, 5.41) is 1.91. The van der Waals surface area contributed by atoms with Crippen molar-refractivity contribution in [2.75, 3.05) is 0 Å². The third-order valence-electron chi connectivity index (χ3n) is 1.91. The van der Waals surface area contributed by atoms with Gasteiger partial charge < -0.3 is 0 Å². The van der Waals surface area contributed by atoms with Crippen LogP contribution < -0.4 is 0 Å². The lowest BCUT2D eigenvalue weighted by molar-refractivity contribution is -0.112. The van der Waals surface area contributed by atoms with Gasteiger partial charge in [0.2, 0.25) is 5.24 Å². The van der Waals surface area contributed by atoms with Crippen LogP contribution in [0.4, 0.5) is 5.69 Å². The average Bonchev–Trinajstić information content (AvgIpc) is 2.18. The fourth-order valence-corrected chi connectivity index (χ4v) is 1.25. The Labute approximate surface area is 92.6 Å². The minimum absolute atomic E-state index is 0.290. The molecule has 4 heteroatoms. The molecule has 1 aromatic rings. The first kappa shape index (κ1) is 11.1. The molecule has 0 spiro atoms. The van der Waals surface area contributed by atoms with Crippen LogP contribution in [0.2, 0.25) is 0 Å². The molecule has 1 aromatic carbocycles. The van der Waals surface area contributed by atoms with E-state index in [4.69, 9.17) is 11.6 Å². The average molecular weight is 226 g/mol. The van der Waals surface area contributed by atoms with Crippen LogP contribution in [-0.2, 0) is 4.79 Å². The number of isothiocyanates is 1. The summed E-state index contributed by atoms with van der Waals surface area (Å²) in [5.74, 6) is -0.290. The summed E-state index contributed by atoms with van der Waals surface area (Å²) in [5.41, 5.74) is 1.59. The minimum atomic E-state index is -0.365. The van der Waals surface area contributed by atoms with E-state index in [0.29, 0.717) is 0 Å².